The van der Waals surface area contributed by atoms with E-state index in [2.05, 4.69) is 10.3 Å². The number of piperidine rings is 1. The first-order valence-electron chi connectivity index (χ1n) is 8.29. The van der Waals surface area contributed by atoms with Crippen molar-refractivity contribution in [2.75, 3.05) is 6.54 Å². The molecular formula is C17H21ClN4O2. The number of hydrogen-bond donors (Lipinski definition) is 1. The van der Waals surface area contributed by atoms with E-state index in [1.165, 1.54) is 0 Å². The summed E-state index contributed by atoms with van der Waals surface area (Å²) < 4.78 is 1.83. The maximum atomic E-state index is 12.5. The van der Waals surface area contributed by atoms with Gasteiger partial charge in [0.05, 0.1) is 17.3 Å². The van der Waals surface area contributed by atoms with Gasteiger partial charge in [-0.15, -0.1) is 0 Å². The molecule has 1 atom stereocenters. The number of carbonyl (C=O) groups excluding carboxylic acids is 2. The Bertz CT molecular complexity index is 758. The van der Waals surface area contributed by atoms with Crippen LogP contribution in [0, 0.1) is 0 Å². The van der Waals surface area contributed by atoms with Gasteiger partial charge in [0.15, 0.2) is 0 Å². The number of hydrogen-bond acceptors (Lipinski definition) is 3. The molecule has 2 amide bonds. The van der Waals surface area contributed by atoms with Crippen molar-refractivity contribution in [1.82, 2.24) is 19.6 Å². The summed E-state index contributed by atoms with van der Waals surface area (Å²) in [7, 11) is 0. The zero-order chi connectivity index (χ0) is 17.1. The maximum Gasteiger partial charge on any atom is 0.243 e. The molecule has 1 fully saturated rings. The lowest BCUT2D eigenvalue weighted by molar-refractivity contribution is -0.142. The number of pyridine rings is 1. The fraction of sp³-hybridized carbons (Fsp3) is 0.471. The van der Waals surface area contributed by atoms with Crippen molar-refractivity contribution >= 4 is 29.1 Å². The van der Waals surface area contributed by atoms with Crippen molar-refractivity contribution < 1.29 is 9.59 Å². The van der Waals surface area contributed by atoms with E-state index in [1.54, 1.807) is 17.2 Å². The zero-order valence-corrected chi connectivity index (χ0v) is 14.4. The molecule has 128 valence electrons. The topological polar surface area (TPSA) is 66.7 Å². The molecule has 0 spiro atoms. The Morgan fingerprint density at radius 3 is 2.96 bits per heavy atom. The van der Waals surface area contributed by atoms with Crippen molar-refractivity contribution in [2.24, 2.45) is 0 Å². The molecule has 24 heavy (non-hydrogen) atoms. The number of nitrogens with zero attached hydrogens (tertiary/aromatic N) is 3. The van der Waals surface area contributed by atoms with Gasteiger partial charge in [0.1, 0.15) is 11.7 Å². The fourth-order valence-corrected chi connectivity index (χ4v) is 3.27. The van der Waals surface area contributed by atoms with E-state index in [1.807, 2.05) is 23.6 Å². The third-order valence-corrected chi connectivity index (χ3v) is 4.56. The summed E-state index contributed by atoms with van der Waals surface area (Å²) in [6.07, 6.45) is 6.70. The van der Waals surface area contributed by atoms with Crippen LogP contribution in [0.5, 0.6) is 0 Å². The molecule has 2 aromatic rings. The highest BCUT2D eigenvalue weighted by molar-refractivity contribution is 6.30. The molecule has 0 unspecified atom stereocenters. The molecule has 7 heteroatoms. The van der Waals surface area contributed by atoms with Gasteiger partial charge in [-0.05, 0) is 31.4 Å². The van der Waals surface area contributed by atoms with Crippen molar-refractivity contribution in [3.63, 3.8) is 0 Å². The molecular weight excluding hydrogens is 328 g/mol. The Morgan fingerprint density at radius 1 is 1.33 bits per heavy atom. The minimum atomic E-state index is -0.363. The normalized spacial score (nSPS) is 17.9. The Labute approximate surface area is 145 Å². The van der Waals surface area contributed by atoms with E-state index < -0.39 is 0 Å². The van der Waals surface area contributed by atoms with Crippen molar-refractivity contribution in [2.45, 2.75) is 45.2 Å². The lowest BCUT2D eigenvalue weighted by Crippen LogP contribution is -2.51. The van der Waals surface area contributed by atoms with Crippen LogP contribution in [0.25, 0.3) is 5.65 Å². The predicted molar refractivity (Wildman–Crippen MR) is 91.7 cm³/mol. The Balaban J connectivity index is 1.65. The van der Waals surface area contributed by atoms with Crippen LogP contribution in [0.2, 0.25) is 5.02 Å². The zero-order valence-electron chi connectivity index (χ0n) is 13.7. The number of carbonyl (C=O) groups is 2. The first-order chi connectivity index (χ1) is 11.6. The van der Waals surface area contributed by atoms with Crippen molar-refractivity contribution in [3.8, 4) is 0 Å². The molecule has 0 saturated carbocycles. The molecule has 1 aliphatic heterocycles. The first kappa shape index (κ1) is 16.8. The quantitative estimate of drug-likeness (QED) is 0.922. The summed E-state index contributed by atoms with van der Waals surface area (Å²) in [5.74, 6) is -0.0659. The number of amides is 2. The van der Waals surface area contributed by atoms with Crippen LogP contribution >= 0.6 is 11.6 Å². The third kappa shape index (κ3) is 3.53. The van der Waals surface area contributed by atoms with Crippen LogP contribution in [0.15, 0.2) is 24.5 Å². The number of nitrogens with one attached hydrogen (secondary N) is 1. The summed E-state index contributed by atoms with van der Waals surface area (Å²) in [6.45, 7) is 2.83. The van der Waals surface area contributed by atoms with E-state index in [9.17, 15) is 9.59 Å². The molecule has 0 aliphatic carbocycles. The second-order valence-corrected chi connectivity index (χ2v) is 6.45. The predicted octanol–water partition coefficient (Wildman–Crippen LogP) is 2.40. The van der Waals surface area contributed by atoms with E-state index in [4.69, 9.17) is 11.6 Å². The highest BCUT2D eigenvalue weighted by Gasteiger charge is 2.31. The molecule has 3 heterocycles. The van der Waals surface area contributed by atoms with Crippen LogP contribution in [-0.4, -0.2) is 38.7 Å². The minimum absolute atomic E-state index is 0.0391. The number of likely N-dealkylation sites (tertiary alicyclic amines) is 1. The van der Waals surface area contributed by atoms with Gasteiger partial charge >= 0.3 is 0 Å². The van der Waals surface area contributed by atoms with E-state index in [-0.39, 0.29) is 17.9 Å². The average molecular weight is 349 g/mol. The van der Waals surface area contributed by atoms with Gasteiger partial charge in [-0.3, -0.25) is 9.59 Å². The minimum Gasteiger partial charge on any atom is -0.349 e. The number of imidazole rings is 1. The Hall–Kier alpha value is -2.08. The maximum absolute atomic E-state index is 12.5. The second-order valence-electron chi connectivity index (χ2n) is 6.02. The van der Waals surface area contributed by atoms with Gasteiger partial charge in [0, 0.05) is 25.4 Å². The fourth-order valence-electron chi connectivity index (χ4n) is 3.10. The van der Waals surface area contributed by atoms with Crippen LogP contribution in [0.1, 0.15) is 38.3 Å². The van der Waals surface area contributed by atoms with E-state index >= 15 is 0 Å². The van der Waals surface area contributed by atoms with Crippen LogP contribution in [0.4, 0.5) is 0 Å². The highest BCUT2D eigenvalue weighted by atomic mass is 35.5. The SMILES string of the molecule is CCC(=O)N1CCCC[C@@H]1C(=O)NCc1cn2cc(Cl)ccc2n1. The first-order valence-corrected chi connectivity index (χ1v) is 8.66. The molecule has 0 radical (unpaired) electrons. The second kappa shape index (κ2) is 7.21. The summed E-state index contributed by atoms with van der Waals surface area (Å²) in [5.41, 5.74) is 1.54. The van der Waals surface area contributed by atoms with Gasteiger partial charge in [-0.2, -0.15) is 0 Å². The lowest BCUT2D eigenvalue weighted by Gasteiger charge is -2.34. The van der Waals surface area contributed by atoms with Gasteiger partial charge < -0.3 is 14.6 Å². The molecule has 1 saturated heterocycles. The summed E-state index contributed by atoms with van der Waals surface area (Å²) in [6, 6.07) is 3.25. The Morgan fingerprint density at radius 2 is 2.17 bits per heavy atom. The average Bonchev–Trinajstić information content (AvgIpc) is 3.01. The smallest absolute Gasteiger partial charge is 0.243 e. The number of halogens is 1. The number of aromatic nitrogens is 2. The summed E-state index contributed by atoms with van der Waals surface area (Å²) in [5, 5.41) is 3.54. The summed E-state index contributed by atoms with van der Waals surface area (Å²) in [4.78, 5) is 30.7. The molecule has 1 aliphatic rings. The monoisotopic (exact) mass is 348 g/mol. The Kier molecular flexibility index (Phi) is 5.04. The molecule has 3 rings (SSSR count). The van der Waals surface area contributed by atoms with Gasteiger partial charge in [0.2, 0.25) is 11.8 Å². The van der Waals surface area contributed by atoms with Gasteiger partial charge in [-0.25, -0.2) is 4.98 Å². The standard InChI is InChI=1S/C17H21ClN4O2/c1-2-16(23)22-8-4-3-5-14(22)17(24)19-9-13-11-21-10-12(18)6-7-15(21)20-13/h6-7,10-11,14H,2-5,8-9H2,1H3,(H,19,24)/t14-/m1/s1. The molecule has 2 aromatic heterocycles. The molecule has 0 aromatic carbocycles. The van der Waals surface area contributed by atoms with Crippen LogP contribution in [-0.2, 0) is 16.1 Å². The highest BCUT2D eigenvalue weighted by Crippen LogP contribution is 2.18. The van der Waals surface area contributed by atoms with Gasteiger partial charge in [-0.1, -0.05) is 18.5 Å². The molecule has 0 bridgehead atoms. The van der Waals surface area contributed by atoms with Gasteiger partial charge in [0.25, 0.3) is 0 Å². The van der Waals surface area contributed by atoms with Crippen molar-refractivity contribution in [1.29, 1.82) is 0 Å². The van der Waals surface area contributed by atoms with E-state index in [0.717, 1.165) is 30.6 Å². The lowest BCUT2D eigenvalue weighted by atomic mass is 10.0. The third-order valence-electron chi connectivity index (χ3n) is 4.34. The van der Waals surface area contributed by atoms with Crippen molar-refractivity contribution in [3.05, 3.63) is 35.2 Å². The number of rotatable bonds is 4. The van der Waals surface area contributed by atoms with Crippen LogP contribution in [0.3, 0.4) is 0 Å². The molecule has 6 nitrogen and oxygen atoms in total. The summed E-state index contributed by atoms with van der Waals surface area (Å²) >= 11 is 5.96. The largest absolute Gasteiger partial charge is 0.349 e. The van der Waals surface area contributed by atoms with Crippen LogP contribution < -0.4 is 5.32 Å². The molecule has 1 N–H and O–H groups in total. The number of fused-ring (bicyclic) bond motifs is 1. The van der Waals surface area contributed by atoms with E-state index in [0.29, 0.717) is 24.5 Å².